The zero-order valence-electron chi connectivity index (χ0n) is 16.3. The van der Waals surface area contributed by atoms with Crippen LogP contribution in [0.4, 0.5) is 4.39 Å². The minimum absolute atomic E-state index is 0. The highest BCUT2D eigenvalue weighted by Gasteiger charge is 2.24. The van der Waals surface area contributed by atoms with E-state index < -0.39 is 0 Å². The second-order valence-corrected chi connectivity index (χ2v) is 7.19. The van der Waals surface area contributed by atoms with Crippen molar-refractivity contribution in [3.05, 3.63) is 46.3 Å². The number of benzene rings is 1. The van der Waals surface area contributed by atoms with Crippen molar-refractivity contribution in [1.29, 1.82) is 0 Å². The molecule has 0 unspecified atom stereocenters. The molecule has 2 aromatic rings. The fraction of sp³-hybridized carbons (Fsp3) is 0.500. The number of hydrogen-bond acceptors (Lipinski definition) is 3. The van der Waals surface area contributed by atoms with E-state index in [0.29, 0.717) is 24.1 Å². The van der Waals surface area contributed by atoms with Crippen LogP contribution in [-0.4, -0.2) is 33.8 Å². The molecule has 2 N–H and O–H groups in total. The van der Waals surface area contributed by atoms with Crippen molar-refractivity contribution < 1.29 is 4.39 Å². The topological polar surface area (TPSA) is 67.1 Å². The van der Waals surface area contributed by atoms with Gasteiger partial charge in [0, 0.05) is 30.6 Å². The number of aryl methyl sites for hydroxylation is 1. The lowest BCUT2D eigenvalue weighted by molar-refractivity contribution is 0.507. The van der Waals surface area contributed by atoms with Gasteiger partial charge in [0.1, 0.15) is 18.2 Å². The maximum absolute atomic E-state index is 13.3. The molecule has 0 aliphatic rings. The Bertz CT molecular complexity index is 790. The summed E-state index contributed by atoms with van der Waals surface area (Å²) in [6, 6.07) is 4.50. The van der Waals surface area contributed by atoms with E-state index in [0.717, 1.165) is 23.8 Å². The first kappa shape index (κ1) is 23.6. The minimum atomic E-state index is -0.337. The van der Waals surface area contributed by atoms with E-state index in [-0.39, 0.29) is 35.2 Å². The Balaban J connectivity index is 0.00000364. The fourth-order valence-electron chi connectivity index (χ4n) is 2.52. The molecule has 27 heavy (non-hydrogen) atoms. The smallest absolute Gasteiger partial charge is 0.191 e. The molecule has 0 fully saturated rings. The molecule has 0 saturated carbocycles. The predicted octanol–water partition coefficient (Wildman–Crippen LogP) is 3.57. The van der Waals surface area contributed by atoms with Gasteiger partial charge in [-0.1, -0.05) is 31.5 Å². The van der Waals surface area contributed by atoms with Gasteiger partial charge in [-0.15, -0.1) is 34.2 Å². The Kier molecular flexibility index (Phi) is 8.93. The van der Waals surface area contributed by atoms with Crippen LogP contribution in [0.3, 0.4) is 0 Å². The molecule has 6 nitrogen and oxygen atoms in total. The van der Waals surface area contributed by atoms with Gasteiger partial charge < -0.3 is 15.2 Å². The highest BCUT2D eigenvalue weighted by Crippen LogP contribution is 2.29. The highest BCUT2D eigenvalue weighted by atomic mass is 127. The summed E-state index contributed by atoms with van der Waals surface area (Å²) in [6.07, 6.45) is 0. The van der Waals surface area contributed by atoms with Crippen molar-refractivity contribution >= 4 is 41.5 Å². The summed E-state index contributed by atoms with van der Waals surface area (Å²) in [5.41, 5.74) is 0.579. The summed E-state index contributed by atoms with van der Waals surface area (Å²) < 4.78 is 15.2. The third-order valence-corrected chi connectivity index (χ3v) is 4.58. The maximum Gasteiger partial charge on any atom is 0.191 e. The van der Waals surface area contributed by atoms with Crippen LogP contribution >= 0.6 is 35.6 Å². The summed E-state index contributed by atoms with van der Waals surface area (Å²) in [5, 5.41) is 15.1. The van der Waals surface area contributed by atoms with E-state index in [4.69, 9.17) is 11.6 Å². The van der Waals surface area contributed by atoms with Gasteiger partial charge in [0.2, 0.25) is 0 Å². The van der Waals surface area contributed by atoms with E-state index in [1.807, 2.05) is 25.5 Å². The summed E-state index contributed by atoms with van der Waals surface area (Å²) >= 11 is 6.22. The number of hydrogen-bond donors (Lipinski definition) is 2. The molecule has 0 aliphatic carbocycles. The Labute approximate surface area is 182 Å². The molecular weight excluding hydrogens is 482 g/mol. The monoisotopic (exact) mass is 508 g/mol. The number of guanidine groups is 1. The van der Waals surface area contributed by atoms with Crippen LogP contribution in [0.15, 0.2) is 23.2 Å². The molecule has 1 aromatic carbocycles. The summed E-state index contributed by atoms with van der Waals surface area (Å²) in [4.78, 5) is 4.57. The van der Waals surface area contributed by atoms with Crippen LogP contribution in [0, 0.1) is 12.7 Å². The van der Waals surface area contributed by atoms with Crippen LogP contribution in [-0.2, 0) is 19.0 Å². The zero-order valence-corrected chi connectivity index (χ0v) is 19.4. The van der Waals surface area contributed by atoms with Gasteiger partial charge >= 0.3 is 0 Å². The van der Waals surface area contributed by atoms with Gasteiger partial charge in [-0.2, -0.15) is 0 Å². The van der Waals surface area contributed by atoms with Gasteiger partial charge in [-0.3, -0.25) is 0 Å². The number of nitrogens with zero attached hydrogens (tertiary/aromatic N) is 4. The molecule has 150 valence electrons. The average Bonchev–Trinajstić information content (AvgIpc) is 2.89. The summed E-state index contributed by atoms with van der Waals surface area (Å²) in [7, 11) is 1.92. The Morgan fingerprint density at radius 1 is 1.30 bits per heavy atom. The fourth-order valence-corrected chi connectivity index (χ4v) is 2.94. The number of aliphatic imine (C=N–C) groups is 1. The zero-order chi connectivity index (χ0) is 19.3. The first-order chi connectivity index (χ1) is 12.2. The average molecular weight is 509 g/mol. The van der Waals surface area contributed by atoms with Gasteiger partial charge in [0.05, 0.1) is 0 Å². The van der Waals surface area contributed by atoms with Gasteiger partial charge in [-0.25, -0.2) is 9.38 Å². The SMILES string of the molecule is CCNC(=NCc1nnc(C)n1C)NCC(C)(C)c1ccc(F)cc1Cl.I. The first-order valence-electron chi connectivity index (χ1n) is 8.57. The predicted molar refractivity (Wildman–Crippen MR) is 118 cm³/mol. The normalized spacial score (nSPS) is 11.9. The van der Waals surface area contributed by atoms with Crippen LogP contribution in [0.2, 0.25) is 5.02 Å². The van der Waals surface area contributed by atoms with E-state index in [1.165, 1.54) is 12.1 Å². The third kappa shape index (κ3) is 6.31. The quantitative estimate of drug-likeness (QED) is 0.356. The van der Waals surface area contributed by atoms with Crippen LogP contribution in [0.5, 0.6) is 0 Å². The number of halogens is 3. The van der Waals surface area contributed by atoms with Gasteiger partial charge in [0.25, 0.3) is 0 Å². The molecule has 2 rings (SSSR count). The van der Waals surface area contributed by atoms with Crippen LogP contribution in [0.25, 0.3) is 0 Å². The van der Waals surface area contributed by atoms with Crippen molar-refractivity contribution in [2.24, 2.45) is 12.0 Å². The standard InChI is InChI=1S/C18H26ClFN6.HI/c1-6-21-17(22-10-16-25-24-12(2)26(16)5)23-11-18(3,4)14-8-7-13(20)9-15(14)19;/h7-9H,6,10-11H2,1-5H3,(H2,21,22,23);1H. The van der Waals surface area contributed by atoms with E-state index in [9.17, 15) is 4.39 Å². The molecule has 0 saturated heterocycles. The summed E-state index contributed by atoms with van der Waals surface area (Å²) in [5.74, 6) is 1.98. The van der Waals surface area contributed by atoms with E-state index in [1.54, 1.807) is 6.07 Å². The van der Waals surface area contributed by atoms with Gasteiger partial charge in [0.15, 0.2) is 11.8 Å². The molecular formula is C18H27ClFIN6. The molecule has 9 heteroatoms. The molecule has 1 aromatic heterocycles. The molecule has 0 atom stereocenters. The number of nitrogens with one attached hydrogen (secondary N) is 2. The second-order valence-electron chi connectivity index (χ2n) is 6.78. The third-order valence-electron chi connectivity index (χ3n) is 4.26. The largest absolute Gasteiger partial charge is 0.357 e. The second kappa shape index (κ2) is 10.2. The maximum atomic E-state index is 13.3. The lowest BCUT2D eigenvalue weighted by atomic mass is 9.84. The molecule has 1 heterocycles. The summed E-state index contributed by atoms with van der Waals surface area (Å²) in [6.45, 7) is 9.75. The highest BCUT2D eigenvalue weighted by molar-refractivity contribution is 14.0. The van der Waals surface area contributed by atoms with Crippen LogP contribution < -0.4 is 10.6 Å². The molecule has 0 radical (unpaired) electrons. The first-order valence-corrected chi connectivity index (χ1v) is 8.95. The van der Waals surface area contributed by atoms with Crippen molar-refractivity contribution in [1.82, 2.24) is 25.4 Å². The lowest BCUT2D eigenvalue weighted by Crippen LogP contribution is -2.43. The Morgan fingerprint density at radius 2 is 2.00 bits per heavy atom. The van der Waals surface area contributed by atoms with E-state index in [2.05, 4.69) is 39.7 Å². The molecule has 0 spiro atoms. The number of aromatic nitrogens is 3. The Morgan fingerprint density at radius 3 is 2.56 bits per heavy atom. The van der Waals surface area contributed by atoms with Crippen molar-refractivity contribution in [3.63, 3.8) is 0 Å². The van der Waals surface area contributed by atoms with Crippen molar-refractivity contribution in [2.75, 3.05) is 13.1 Å². The molecule has 0 amide bonds. The van der Waals surface area contributed by atoms with E-state index >= 15 is 0 Å². The number of rotatable bonds is 6. The van der Waals surface area contributed by atoms with Crippen molar-refractivity contribution in [3.8, 4) is 0 Å². The Hall–Kier alpha value is -1.42. The van der Waals surface area contributed by atoms with Crippen LogP contribution in [0.1, 0.15) is 38.0 Å². The molecule has 0 bridgehead atoms. The molecule has 0 aliphatic heterocycles. The lowest BCUT2D eigenvalue weighted by Gasteiger charge is -2.27. The minimum Gasteiger partial charge on any atom is -0.357 e. The van der Waals surface area contributed by atoms with Gasteiger partial charge in [-0.05, 0) is 31.5 Å². The van der Waals surface area contributed by atoms with Crippen molar-refractivity contribution in [2.45, 2.75) is 39.7 Å².